The molecule has 0 amide bonds. The van der Waals surface area contributed by atoms with Gasteiger partial charge in [-0.1, -0.05) is 6.92 Å². The molecule has 14 heavy (non-hydrogen) atoms. The average Bonchev–Trinajstić information content (AvgIpc) is 1.96. The van der Waals surface area contributed by atoms with Crippen molar-refractivity contribution in [1.82, 2.24) is 0 Å². The lowest BCUT2D eigenvalue weighted by Crippen LogP contribution is -2.27. The van der Waals surface area contributed by atoms with Gasteiger partial charge in [0.25, 0.3) is 0 Å². The Hall–Kier alpha value is -0.570. The summed E-state index contributed by atoms with van der Waals surface area (Å²) in [5.41, 5.74) is -0.476. The van der Waals surface area contributed by atoms with Gasteiger partial charge in [-0.3, -0.25) is 9.59 Å². The number of esters is 1. The molecule has 1 atom stereocenters. The molecule has 3 nitrogen and oxygen atoms in total. The zero-order valence-corrected chi connectivity index (χ0v) is 9.85. The fraction of sp³-hybridized carbons (Fsp3) is 0.800. The van der Waals surface area contributed by atoms with Gasteiger partial charge in [-0.15, -0.1) is 0 Å². The summed E-state index contributed by atoms with van der Waals surface area (Å²) >= 11 is 5.17. The van der Waals surface area contributed by atoms with E-state index in [0.717, 1.165) is 0 Å². The normalized spacial score (nSPS) is 13.5. The molecule has 82 valence electrons. The molecular formula is C10H17ClO3. The zero-order chi connectivity index (χ0) is 11.4. The third kappa shape index (κ3) is 6.89. The first-order chi connectivity index (χ1) is 6.22. The van der Waals surface area contributed by atoms with Gasteiger partial charge in [0, 0.05) is 6.42 Å². The molecule has 0 aliphatic heterocycles. The number of halogens is 1. The lowest BCUT2D eigenvalue weighted by Gasteiger charge is -2.21. The van der Waals surface area contributed by atoms with Crippen LogP contribution in [0.5, 0.6) is 0 Å². The molecular weight excluding hydrogens is 204 g/mol. The van der Waals surface area contributed by atoms with Gasteiger partial charge >= 0.3 is 5.97 Å². The van der Waals surface area contributed by atoms with E-state index in [0.29, 0.717) is 6.42 Å². The number of rotatable bonds is 4. The van der Waals surface area contributed by atoms with E-state index in [1.165, 1.54) is 0 Å². The van der Waals surface area contributed by atoms with Crippen molar-refractivity contribution in [3.05, 3.63) is 0 Å². The van der Waals surface area contributed by atoms with Crippen LogP contribution in [0.1, 0.15) is 40.5 Å². The first kappa shape index (κ1) is 13.4. The molecule has 0 fully saturated rings. The highest BCUT2D eigenvalue weighted by molar-refractivity contribution is 6.63. The van der Waals surface area contributed by atoms with Crippen molar-refractivity contribution >= 4 is 22.8 Å². The Morgan fingerprint density at radius 1 is 1.36 bits per heavy atom. The van der Waals surface area contributed by atoms with Crippen LogP contribution in [0.3, 0.4) is 0 Å². The molecule has 0 aromatic rings. The highest BCUT2D eigenvalue weighted by Gasteiger charge is 2.21. The van der Waals surface area contributed by atoms with Gasteiger partial charge in [0.1, 0.15) is 5.60 Å². The fourth-order valence-electron chi connectivity index (χ4n) is 0.850. The fourth-order valence-corrected chi connectivity index (χ4v) is 0.959. The number of hydrogen-bond donors (Lipinski definition) is 0. The maximum atomic E-state index is 11.4. The van der Waals surface area contributed by atoms with Crippen molar-refractivity contribution in [2.75, 3.05) is 0 Å². The van der Waals surface area contributed by atoms with E-state index in [1.54, 1.807) is 6.92 Å². The minimum absolute atomic E-state index is 0.210. The summed E-state index contributed by atoms with van der Waals surface area (Å²) < 4.78 is 5.14. The van der Waals surface area contributed by atoms with Gasteiger partial charge in [-0.2, -0.15) is 0 Å². The average molecular weight is 221 g/mol. The summed E-state index contributed by atoms with van der Waals surface area (Å²) in [4.78, 5) is 21.9. The SMILES string of the molecule is C[C@@H](CCC(=O)Cl)C(=O)OC(C)(C)C. The smallest absolute Gasteiger partial charge is 0.309 e. The number of carbonyl (C=O) groups is 2. The van der Waals surface area contributed by atoms with Gasteiger partial charge in [0.05, 0.1) is 5.92 Å². The Bertz CT molecular complexity index is 218. The van der Waals surface area contributed by atoms with Gasteiger partial charge in [-0.25, -0.2) is 0 Å². The Balaban J connectivity index is 3.94. The van der Waals surface area contributed by atoms with Crippen molar-refractivity contribution in [2.45, 2.75) is 46.1 Å². The summed E-state index contributed by atoms with van der Waals surface area (Å²) in [5.74, 6) is -0.563. The van der Waals surface area contributed by atoms with Gasteiger partial charge < -0.3 is 4.74 Å². The second-order valence-electron chi connectivity index (χ2n) is 4.33. The topological polar surface area (TPSA) is 43.4 Å². The summed E-state index contributed by atoms with van der Waals surface area (Å²) in [6.07, 6.45) is 0.652. The first-order valence-corrected chi connectivity index (χ1v) is 5.01. The number of ether oxygens (including phenoxy) is 1. The second kappa shape index (κ2) is 5.35. The van der Waals surface area contributed by atoms with Crippen LogP contribution < -0.4 is 0 Å². The quantitative estimate of drug-likeness (QED) is 0.540. The van der Waals surface area contributed by atoms with Crippen LogP contribution in [0.2, 0.25) is 0 Å². The molecule has 0 aromatic carbocycles. The highest BCUT2D eigenvalue weighted by atomic mass is 35.5. The van der Waals surface area contributed by atoms with E-state index in [-0.39, 0.29) is 18.3 Å². The molecule has 0 spiro atoms. The van der Waals surface area contributed by atoms with Crippen LogP contribution in [-0.4, -0.2) is 16.8 Å². The predicted molar refractivity (Wildman–Crippen MR) is 55.1 cm³/mol. The molecule has 4 heteroatoms. The maximum Gasteiger partial charge on any atom is 0.309 e. The van der Waals surface area contributed by atoms with Crippen LogP contribution in [-0.2, 0) is 14.3 Å². The lowest BCUT2D eigenvalue weighted by atomic mass is 10.1. The zero-order valence-electron chi connectivity index (χ0n) is 9.09. The van der Waals surface area contributed by atoms with E-state index in [4.69, 9.17) is 16.3 Å². The Morgan fingerprint density at radius 2 is 1.86 bits per heavy atom. The molecule has 0 aliphatic rings. The van der Waals surface area contributed by atoms with Crippen molar-refractivity contribution < 1.29 is 14.3 Å². The molecule has 0 saturated carbocycles. The van der Waals surface area contributed by atoms with Crippen LogP contribution in [0.25, 0.3) is 0 Å². The summed E-state index contributed by atoms with van der Waals surface area (Å²) in [6, 6.07) is 0. The minimum Gasteiger partial charge on any atom is -0.460 e. The molecule has 0 bridgehead atoms. The molecule has 0 radical (unpaired) electrons. The third-order valence-electron chi connectivity index (χ3n) is 1.58. The van der Waals surface area contributed by atoms with Crippen molar-refractivity contribution in [3.63, 3.8) is 0 Å². The maximum absolute atomic E-state index is 11.4. The largest absolute Gasteiger partial charge is 0.460 e. The minimum atomic E-state index is -0.476. The van der Waals surface area contributed by atoms with Crippen LogP contribution in [0, 0.1) is 5.92 Å². The van der Waals surface area contributed by atoms with E-state index < -0.39 is 10.8 Å². The third-order valence-corrected chi connectivity index (χ3v) is 1.77. The number of carbonyl (C=O) groups excluding carboxylic acids is 2. The summed E-state index contributed by atoms with van der Waals surface area (Å²) in [6.45, 7) is 7.16. The van der Waals surface area contributed by atoms with Gasteiger partial charge in [0.15, 0.2) is 0 Å². The van der Waals surface area contributed by atoms with Crippen LogP contribution in [0.4, 0.5) is 0 Å². The van der Waals surface area contributed by atoms with Crippen LogP contribution >= 0.6 is 11.6 Å². The molecule has 0 saturated heterocycles. The van der Waals surface area contributed by atoms with E-state index in [9.17, 15) is 9.59 Å². The van der Waals surface area contributed by atoms with Crippen molar-refractivity contribution in [1.29, 1.82) is 0 Å². The van der Waals surface area contributed by atoms with Gasteiger partial charge in [-0.05, 0) is 38.8 Å². The van der Waals surface area contributed by atoms with E-state index in [2.05, 4.69) is 0 Å². The summed E-state index contributed by atoms with van der Waals surface area (Å²) in [5, 5.41) is -0.416. The van der Waals surface area contributed by atoms with Crippen molar-refractivity contribution in [2.24, 2.45) is 5.92 Å². The Morgan fingerprint density at radius 3 is 2.21 bits per heavy atom. The molecule has 0 aliphatic carbocycles. The molecule has 0 N–H and O–H groups in total. The standard InChI is InChI=1S/C10H17ClO3/c1-7(5-6-8(11)12)9(13)14-10(2,3)4/h7H,5-6H2,1-4H3/t7-/m0/s1. The highest BCUT2D eigenvalue weighted by Crippen LogP contribution is 2.15. The van der Waals surface area contributed by atoms with Crippen LogP contribution in [0.15, 0.2) is 0 Å². The summed E-state index contributed by atoms with van der Waals surface area (Å²) in [7, 11) is 0. The molecule has 0 rings (SSSR count). The predicted octanol–water partition coefficient (Wildman–Crippen LogP) is 2.51. The molecule has 0 unspecified atom stereocenters. The Kier molecular flexibility index (Phi) is 5.13. The van der Waals surface area contributed by atoms with E-state index in [1.807, 2.05) is 20.8 Å². The monoisotopic (exact) mass is 220 g/mol. The van der Waals surface area contributed by atoms with E-state index >= 15 is 0 Å². The number of hydrogen-bond acceptors (Lipinski definition) is 3. The van der Waals surface area contributed by atoms with Crippen molar-refractivity contribution in [3.8, 4) is 0 Å². The lowest BCUT2D eigenvalue weighted by molar-refractivity contribution is -0.159. The molecule has 0 heterocycles. The first-order valence-electron chi connectivity index (χ1n) is 4.63. The van der Waals surface area contributed by atoms with Gasteiger partial charge in [0.2, 0.25) is 5.24 Å². The Labute approximate surface area is 89.8 Å². The molecule has 0 aromatic heterocycles. The second-order valence-corrected chi connectivity index (χ2v) is 4.75.